The van der Waals surface area contributed by atoms with Crippen LogP contribution in [0.25, 0.3) is 10.9 Å². The van der Waals surface area contributed by atoms with Crippen molar-refractivity contribution in [2.45, 2.75) is 25.3 Å². The number of nitrogens with two attached hydrogens (primary N) is 1. The van der Waals surface area contributed by atoms with E-state index in [4.69, 9.17) is 5.73 Å². The second-order valence-corrected chi connectivity index (χ2v) is 6.21. The number of piperidine rings is 1. The van der Waals surface area contributed by atoms with Crippen molar-refractivity contribution in [3.05, 3.63) is 42.1 Å². The first-order valence-electron chi connectivity index (χ1n) is 8.29. The number of benzene rings is 1. The van der Waals surface area contributed by atoms with Crippen LogP contribution in [0.1, 0.15) is 18.4 Å². The maximum atomic E-state index is 12.0. The van der Waals surface area contributed by atoms with Gasteiger partial charge in [-0.05, 0) is 30.9 Å². The molecule has 1 aliphatic heterocycles. The predicted octanol–water partition coefficient (Wildman–Crippen LogP) is 1.32. The van der Waals surface area contributed by atoms with Gasteiger partial charge in [0.25, 0.3) is 0 Å². The van der Waals surface area contributed by atoms with E-state index in [0.717, 1.165) is 43.3 Å². The van der Waals surface area contributed by atoms with Crippen LogP contribution in [0.4, 0.5) is 0 Å². The number of aromatic nitrogens is 1. The van der Waals surface area contributed by atoms with Gasteiger partial charge in [-0.3, -0.25) is 14.7 Å². The average molecular weight is 312 g/mol. The molecule has 5 nitrogen and oxygen atoms in total. The van der Waals surface area contributed by atoms with Crippen molar-refractivity contribution in [1.82, 2.24) is 15.2 Å². The zero-order chi connectivity index (χ0) is 16.1. The lowest BCUT2D eigenvalue weighted by molar-refractivity contribution is -0.122. The Kier molecular flexibility index (Phi) is 5.20. The molecule has 0 bridgehead atoms. The highest BCUT2D eigenvalue weighted by Crippen LogP contribution is 2.16. The summed E-state index contributed by atoms with van der Waals surface area (Å²) in [4.78, 5) is 18.7. The number of fused-ring (bicyclic) bond motifs is 1. The minimum Gasteiger partial charge on any atom is -0.355 e. The van der Waals surface area contributed by atoms with Gasteiger partial charge in [0.15, 0.2) is 0 Å². The number of hydrogen-bond acceptors (Lipinski definition) is 4. The van der Waals surface area contributed by atoms with E-state index in [-0.39, 0.29) is 5.91 Å². The molecular weight excluding hydrogens is 288 g/mol. The van der Waals surface area contributed by atoms with Gasteiger partial charge in [0.05, 0.1) is 12.1 Å². The minimum absolute atomic E-state index is 0.0914. The van der Waals surface area contributed by atoms with E-state index in [1.807, 2.05) is 18.3 Å². The van der Waals surface area contributed by atoms with Crippen molar-refractivity contribution in [2.24, 2.45) is 5.73 Å². The van der Waals surface area contributed by atoms with Gasteiger partial charge in [-0.1, -0.05) is 24.3 Å². The Balaban J connectivity index is 1.48. The molecule has 0 atom stereocenters. The van der Waals surface area contributed by atoms with Crippen LogP contribution in [0.15, 0.2) is 36.5 Å². The van der Waals surface area contributed by atoms with Crippen LogP contribution < -0.4 is 11.1 Å². The average Bonchev–Trinajstić information content (AvgIpc) is 2.57. The molecule has 3 N–H and O–H groups in total. The summed E-state index contributed by atoms with van der Waals surface area (Å²) >= 11 is 0. The molecule has 1 fully saturated rings. The van der Waals surface area contributed by atoms with Crippen LogP contribution in [0.2, 0.25) is 0 Å². The zero-order valence-corrected chi connectivity index (χ0v) is 13.4. The molecule has 1 amide bonds. The second kappa shape index (κ2) is 7.53. The van der Waals surface area contributed by atoms with E-state index >= 15 is 0 Å². The topological polar surface area (TPSA) is 71.2 Å². The van der Waals surface area contributed by atoms with Crippen molar-refractivity contribution >= 4 is 16.8 Å². The molecule has 3 rings (SSSR count). The van der Waals surface area contributed by atoms with Gasteiger partial charge in [-0.2, -0.15) is 0 Å². The molecule has 1 aliphatic rings. The van der Waals surface area contributed by atoms with E-state index in [1.54, 1.807) is 0 Å². The van der Waals surface area contributed by atoms with Crippen molar-refractivity contribution in [1.29, 1.82) is 0 Å². The van der Waals surface area contributed by atoms with Gasteiger partial charge < -0.3 is 11.1 Å². The van der Waals surface area contributed by atoms with Crippen molar-refractivity contribution in [2.75, 3.05) is 26.2 Å². The van der Waals surface area contributed by atoms with Gasteiger partial charge in [-0.15, -0.1) is 0 Å². The highest BCUT2D eigenvalue weighted by Gasteiger charge is 2.17. The van der Waals surface area contributed by atoms with Crippen LogP contribution in [-0.2, 0) is 11.2 Å². The normalized spacial score (nSPS) is 16.6. The van der Waals surface area contributed by atoms with Crippen LogP contribution in [0, 0.1) is 0 Å². The molecule has 0 radical (unpaired) electrons. The molecule has 1 aromatic carbocycles. The molecule has 1 aromatic heterocycles. The number of para-hydroxylation sites is 1. The monoisotopic (exact) mass is 312 g/mol. The molecule has 2 aromatic rings. The molecule has 5 heteroatoms. The summed E-state index contributed by atoms with van der Waals surface area (Å²) in [5.41, 5.74) is 8.08. The Morgan fingerprint density at radius 2 is 2.04 bits per heavy atom. The third kappa shape index (κ3) is 4.27. The van der Waals surface area contributed by atoms with Gasteiger partial charge >= 0.3 is 0 Å². The Morgan fingerprint density at radius 3 is 2.87 bits per heavy atom. The lowest BCUT2D eigenvalue weighted by Crippen LogP contribution is -2.44. The van der Waals surface area contributed by atoms with Gasteiger partial charge in [0, 0.05) is 37.3 Å². The quantitative estimate of drug-likeness (QED) is 0.873. The summed E-state index contributed by atoms with van der Waals surface area (Å²) in [7, 11) is 0. The number of pyridine rings is 1. The molecule has 2 heterocycles. The first kappa shape index (κ1) is 15.9. The molecule has 0 aliphatic carbocycles. The van der Waals surface area contributed by atoms with Crippen LogP contribution in [0.5, 0.6) is 0 Å². The third-order valence-electron chi connectivity index (χ3n) is 4.43. The Hall–Kier alpha value is -1.98. The molecule has 122 valence electrons. The highest BCUT2D eigenvalue weighted by atomic mass is 16.2. The number of rotatable bonds is 5. The first-order chi connectivity index (χ1) is 11.2. The van der Waals surface area contributed by atoms with Crippen LogP contribution in [0.3, 0.4) is 0 Å². The molecule has 0 saturated carbocycles. The third-order valence-corrected chi connectivity index (χ3v) is 4.43. The van der Waals surface area contributed by atoms with Crippen molar-refractivity contribution < 1.29 is 4.79 Å². The van der Waals surface area contributed by atoms with Gasteiger partial charge in [-0.25, -0.2) is 0 Å². The number of likely N-dealkylation sites (tertiary alicyclic amines) is 1. The molecular formula is C18H24N4O. The lowest BCUT2D eigenvalue weighted by atomic mass is 10.1. The number of amides is 1. The van der Waals surface area contributed by atoms with Gasteiger partial charge in [0.2, 0.25) is 5.91 Å². The number of carbonyl (C=O) groups excluding carboxylic acids is 1. The van der Waals surface area contributed by atoms with Crippen LogP contribution in [-0.4, -0.2) is 48.0 Å². The van der Waals surface area contributed by atoms with Crippen LogP contribution >= 0.6 is 0 Å². The van der Waals surface area contributed by atoms with Gasteiger partial charge in [0.1, 0.15) is 0 Å². The van der Waals surface area contributed by atoms with E-state index < -0.39 is 0 Å². The number of carbonyl (C=O) groups is 1. The van der Waals surface area contributed by atoms with E-state index in [0.29, 0.717) is 19.1 Å². The van der Waals surface area contributed by atoms with E-state index in [9.17, 15) is 4.79 Å². The second-order valence-electron chi connectivity index (χ2n) is 6.21. The summed E-state index contributed by atoms with van der Waals surface area (Å²) in [6.45, 7) is 2.95. The summed E-state index contributed by atoms with van der Waals surface area (Å²) in [6, 6.07) is 10.5. The Bertz CT molecular complexity index is 660. The minimum atomic E-state index is 0.0914. The largest absolute Gasteiger partial charge is 0.355 e. The zero-order valence-electron chi connectivity index (χ0n) is 13.4. The smallest absolute Gasteiger partial charge is 0.234 e. The molecule has 23 heavy (non-hydrogen) atoms. The number of hydrogen-bond donors (Lipinski definition) is 2. The maximum absolute atomic E-state index is 12.0. The molecule has 0 unspecified atom stereocenters. The van der Waals surface area contributed by atoms with Crippen molar-refractivity contribution in [3.63, 3.8) is 0 Å². The standard InChI is InChI=1S/C18H24N4O/c19-16-7-11-22(12-8-16)13-17(23)20-10-6-15-4-1-3-14-5-2-9-21-18(14)15/h1-5,9,16H,6-8,10-13,19H2,(H,20,23). The summed E-state index contributed by atoms with van der Waals surface area (Å²) in [5.74, 6) is 0.0914. The summed E-state index contributed by atoms with van der Waals surface area (Å²) < 4.78 is 0. The Morgan fingerprint density at radius 1 is 1.26 bits per heavy atom. The Labute approximate surface area is 136 Å². The highest BCUT2D eigenvalue weighted by molar-refractivity contribution is 5.81. The molecule has 0 spiro atoms. The first-order valence-corrected chi connectivity index (χ1v) is 8.29. The fourth-order valence-corrected chi connectivity index (χ4v) is 3.08. The summed E-state index contributed by atoms with van der Waals surface area (Å²) in [6.07, 6.45) is 4.57. The number of nitrogens with zero attached hydrogens (tertiary/aromatic N) is 2. The van der Waals surface area contributed by atoms with Crippen molar-refractivity contribution in [3.8, 4) is 0 Å². The lowest BCUT2D eigenvalue weighted by Gasteiger charge is -2.29. The maximum Gasteiger partial charge on any atom is 0.234 e. The fourth-order valence-electron chi connectivity index (χ4n) is 3.08. The van der Waals surface area contributed by atoms with E-state index in [1.165, 1.54) is 5.56 Å². The predicted molar refractivity (Wildman–Crippen MR) is 92.1 cm³/mol. The molecule has 1 saturated heterocycles. The summed E-state index contributed by atoms with van der Waals surface area (Å²) in [5, 5.41) is 4.15. The fraction of sp³-hybridized carbons (Fsp3) is 0.444. The number of nitrogens with one attached hydrogen (secondary N) is 1. The van der Waals surface area contributed by atoms with E-state index in [2.05, 4.69) is 33.4 Å². The SMILES string of the molecule is NC1CCN(CC(=O)NCCc2cccc3cccnc23)CC1.